The molecule has 4 heteroatoms. The molecule has 0 aliphatic rings. The van der Waals surface area contributed by atoms with Crippen molar-refractivity contribution in [3.8, 4) is 5.75 Å². The van der Waals surface area contributed by atoms with Crippen molar-refractivity contribution in [3.63, 3.8) is 0 Å². The quantitative estimate of drug-likeness (QED) is 0.375. The zero-order valence-electron chi connectivity index (χ0n) is 11.9. The predicted octanol–water partition coefficient (Wildman–Crippen LogP) is 4.65. The highest BCUT2D eigenvalue weighted by atomic mass is 79.9. The van der Waals surface area contributed by atoms with Crippen molar-refractivity contribution in [1.82, 2.24) is 0 Å². The number of ketones is 1. The molecule has 2 aromatic rings. The van der Waals surface area contributed by atoms with Gasteiger partial charge in [0.1, 0.15) is 11.5 Å². The van der Waals surface area contributed by atoms with Gasteiger partial charge < -0.3 is 9.15 Å². The molecule has 1 aromatic heterocycles. The van der Waals surface area contributed by atoms with Crippen LogP contribution in [0, 0.1) is 0 Å². The third-order valence-corrected chi connectivity index (χ3v) is 3.71. The molecule has 0 amide bonds. The van der Waals surface area contributed by atoms with Crippen LogP contribution in [0.5, 0.6) is 5.75 Å². The van der Waals surface area contributed by atoms with Crippen LogP contribution < -0.4 is 4.74 Å². The topological polar surface area (TPSA) is 39.4 Å². The molecule has 0 fully saturated rings. The molecule has 1 aromatic carbocycles. The second kappa shape index (κ2) is 8.67. The average Bonchev–Trinajstić information content (AvgIpc) is 3.03. The fourth-order valence-corrected chi connectivity index (χ4v) is 2.36. The van der Waals surface area contributed by atoms with E-state index in [1.54, 1.807) is 6.26 Å². The first-order valence-electron chi connectivity index (χ1n) is 7.14. The smallest absolute Gasteiger partial charge is 0.163 e. The van der Waals surface area contributed by atoms with E-state index in [9.17, 15) is 4.79 Å². The minimum absolute atomic E-state index is 0.122. The molecule has 21 heavy (non-hydrogen) atoms. The number of Topliss-reactive ketones (excluding diaryl/α,β-unsaturated/α-hetero) is 1. The van der Waals surface area contributed by atoms with Crippen molar-refractivity contribution in [2.24, 2.45) is 0 Å². The van der Waals surface area contributed by atoms with Gasteiger partial charge in [-0.3, -0.25) is 4.79 Å². The largest absolute Gasteiger partial charge is 0.494 e. The Balaban J connectivity index is 1.79. The summed E-state index contributed by atoms with van der Waals surface area (Å²) in [6.07, 6.45) is 4.84. The van der Waals surface area contributed by atoms with Crippen molar-refractivity contribution in [2.75, 3.05) is 11.9 Å². The number of unbranched alkanes of at least 4 members (excludes halogenated alkanes) is 1. The standard InChI is InChI=1S/C17H19BrO3/c18-11-1-2-12-20-16-7-5-14(6-8-16)17(19)10-9-15-4-3-13-21-15/h3-8,13H,1-2,9-12H2. The van der Waals surface area contributed by atoms with Crippen LogP contribution in [0.1, 0.15) is 35.4 Å². The van der Waals surface area contributed by atoms with E-state index < -0.39 is 0 Å². The van der Waals surface area contributed by atoms with Gasteiger partial charge in [-0.2, -0.15) is 0 Å². The van der Waals surface area contributed by atoms with E-state index in [0.29, 0.717) is 19.4 Å². The molecule has 0 N–H and O–H groups in total. The first kappa shape index (κ1) is 15.8. The fourth-order valence-electron chi connectivity index (χ4n) is 1.96. The molecule has 0 radical (unpaired) electrons. The Hall–Kier alpha value is -1.55. The van der Waals surface area contributed by atoms with Gasteiger partial charge in [0.05, 0.1) is 12.9 Å². The molecule has 0 aliphatic heterocycles. The second-order valence-corrected chi connectivity index (χ2v) is 5.56. The number of benzene rings is 1. The van der Waals surface area contributed by atoms with Crippen molar-refractivity contribution in [3.05, 3.63) is 54.0 Å². The molecule has 0 saturated carbocycles. The molecule has 1 heterocycles. The maximum absolute atomic E-state index is 12.1. The van der Waals surface area contributed by atoms with Gasteiger partial charge in [0.25, 0.3) is 0 Å². The Kier molecular flexibility index (Phi) is 6.54. The molecular weight excluding hydrogens is 332 g/mol. The van der Waals surface area contributed by atoms with Gasteiger partial charge >= 0.3 is 0 Å². The maximum Gasteiger partial charge on any atom is 0.163 e. The summed E-state index contributed by atoms with van der Waals surface area (Å²) in [7, 11) is 0. The van der Waals surface area contributed by atoms with Crippen LogP contribution >= 0.6 is 15.9 Å². The van der Waals surface area contributed by atoms with Crippen LogP contribution in [0.25, 0.3) is 0 Å². The first-order valence-corrected chi connectivity index (χ1v) is 8.26. The van der Waals surface area contributed by atoms with Gasteiger partial charge in [-0.05, 0) is 49.2 Å². The van der Waals surface area contributed by atoms with Crippen LogP contribution in [0.4, 0.5) is 0 Å². The Morgan fingerprint density at radius 1 is 1.14 bits per heavy atom. The summed E-state index contributed by atoms with van der Waals surface area (Å²) < 4.78 is 10.8. The monoisotopic (exact) mass is 350 g/mol. The van der Waals surface area contributed by atoms with Gasteiger partial charge in [-0.15, -0.1) is 0 Å². The molecular formula is C17H19BrO3. The Morgan fingerprint density at radius 3 is 2.62 bits per heavy atom. The number of hydrogen-bond acceptors (Lipinski definition) is 3. The summed E-state index contributed by atoms with van der Waals surface area (Å²) in [4.78, 5) is 12.1. The summed E-state index contributed by atoms with van der Waals surface area (Å²) in [5, 5.41) is 0.999. The van der Waals surface area contributed by atoms with E-state index in [-0.39, 0.29) is 5.78 Å². The first-order chi connectivity index (χ1) is 10.3. The Bertz CT molecular complexity index is 532. The van der Waals surface area contributed by atoms with Crippen LogP contribution in [-0.2, 0) is 6.42 Å². The van der Waals surface area contributed by atoms with E-state index in [2.05, 4.69) is 15.9 Å². The summed E-state index contributed by atoms with van der Waals surface area (Å²) in [5.74, 6) is 1.78. The zero-order chi connectivity index (χ0) is 14.9. The summed E-state index contributed by atoms with van der Waals surface area (Å²) in [6, 6.07) is 11.1. The van der Waals surface area contributed by atoms with Crippen molar-refractivity contribution in [2.45, 2.75) is 25.7 Å². The van der Waals surface area contributed by atoms with Crippen LogP contribution in [-0.4, -0.2) is 17.7 Å². The highest BCUT2D eigenvalue weighted by Crippen LogP contribution is 2.15. The molecule has 112 valence electrons. The second-order valence-electron chi connectivity index (χ2n) is 4.77. The Morgan fingerprint density at radius 2 is 1.95 bits per heavy atom. The molecule has 0 atom stereocenters. The average molecular weight is 351 g/mol. The van der Waals surface area contributed by atoms with E-state index in [0.717, 1.165) is 35.2 Å². The van der Waals surface area contributed by atoms with Crippen LogP contribution in [0.15, 0.2) is 47.1 Å². The molecule has 0 bridgehead atoms. The molecule has 3 nitrogen and oxygen atoms in total. The third kappa shape index (κ3) is 5.38. The fraction of sp³-hybridized carbons (Fsp3) is 0.353. The number of hydrogen-bond donors (Lipinski definition) is 0. The van der Waals surface area contributed by atoms with Gasteiger partial charge in [0.15, 0.2) is 5.78 Å². The minimum atomic E-state index is 0.122. The number of furan rings is 1. The summed E-state index contributed by atoms with van der Waals surface area (Å²) >= 11 is 3.39. The van der Waals surface area contributed by atoms with Crippen LogP contribution in [0.3, 0.4) is 0 Å². The molecule has 0 aliphatic carbocycles. The highest BCUT2D eigenvalue weighted by Gasteiger charge is 2.07. The zero-order valence-corrected chi connectivity index (χ0v) is 13.5. The van der Waals surface area contributed by atoms with Crippen LogP contribution in [0.2, 0.25) is 0 Å². The molecule has 0 spiro atoms. The summed E-state index contributed by atoms with van der Waals surface area (Å²) in [5.41, 5.74) is 0.717. The predicted molar refractivity (Wildman–Crippen MR) is 86.3 cm³/mol. The summed E-state index contributed by atoms with van der Waals surface area (Å²) in [6.45, 7) is 0.706. The van der Waals surface area contributed by atoms with E-state index in [1.165, 1.54) is 0 Å². The van der Waals surface area contributed by atoms with Gasteiger partial charge in [0, 0.05) is 23.7 Å². The molecule has 0 unspecified atom stereocenters. The molecule has 0 saturated heterocycles. The SMILES string of the molecule is O=C(CCc1ccco1)c1ccc(OCCCCBr)cc1. The lowest BCUT2D eigenvalue weighted by Crippen LogP contribution is -2.02. The number of halogens is 1. The third-order valence-electron chi connectivity index (χ3n) is 3.15. The minimum Gasteiger partial charge on any atom is -0.494 e. The maximum atomic E-state index is 12.1. The number of alkyl halides is 1. The van der Waals surface area contributed by atoms with Gasteiger partial charge in [-0.25, -0.2) is 0 Å². The number of aryl methyl sites for hydroxylation is 1. The number of carbonyl (C=O) groups excluding carboxylic acids is 1. The lowest BCUT2D eigenvalue weighted by atomic mass is 10.1. The number of ether oxygens (including phenoxy) is 1. The Labute approximate surface area is 133 Å². The van der Waals surface area contributed by atoms with Crippen molar-refractivity contribution < 1.29 is 13.9 Å². The van der Waals surface area contributed by atoms with E-state index in [1.807, 2.05) is 36.4 Å². The van der Waals surface area contributed by atoms with E-state index >= 15 is 0 Å². The lowest BCUT2D eigenvalue weighted by molar-refractivity contribution is 0.0981. The van der Waals surface area contributed by atoms with E-state index in [4.69, 9.17) is 9.15 Å². The van der Waals surface area contributed by atoms with Crippen molar-refractivity contribution in [1.29, 1.82) is 0 Å². The normalized spacial score (nSPS) is 10.5. The van der Waals surface area contributed by atoms with Gasteiger partial charge in [-0.1, -0.05) is 15.9 Å². The lowest BCUT2D eigenvalue weighted by Gasteiger charge is -2.06. The van der Waals surface area contributed by atoms with Gasteiger partial charge in [0.2, 0.25) is 0 Å². The highest BCUT2D eigenvalue weighted by molar-refractivity contribution is 9.09. The molecule has 2 rings (SSSR count). The number of rotatable bonds is 9. The number of carbonyl (C=O) groups is 1. The van der Waals surface area contributed by atoms with Crippen molar-refractivity contribution >= 4 is 21.7 Å².